The van der Waals surface area contributed by atoms with Gasteiger partial charge in [0.2, 0.25) is 0 Å². The van der Waals surface area contributed by atoms with E-state index in [0.717, 1.165) is 6.54 Å². The van der Waals surface area contributed by atoms with Crippen molar-refractivity contribution in [1.29, 1.82) is 0 Å². The molecule has 0 radical (unpaired) electrons. The molecule has 5 nitrogen and oxygen atoms in total. The Labute approximate surface area is 130 Å². The molecule has 0 aromatic rings. The van der Waals surface area contributed by atoms with E-state index in [4.69, 9.17) is 0 Å². The van der Waals surface area contributed by atoms with E-state index in [1.54, 1.807) is 11.8 Å². The topological polar surface area (TPSA) is 81.3 Å². The van der Waals surface area contributed by atoms with Crippen LogP contribution in [0.25, 0.3) is 0 Å². The summed E-state index contributed by atoms with van der Waals surface area (Å²) < 4.78 is 31.1. The van der Waals surface area contributed by atoms with Gasteiger partial charge in [-0.25, -0.2) is 8.42 Å². The van der Waals surface area contributed by atoms with E-state index in [2.05, 4.69) is 24.5 Å². The van der Waals surface area contributed by atoms with Gasteiger partial charge in [-0.3, -0.25) is 10.6 Å². The molecule has 1 fully saturated rings. The van der Waals surface area contributed by atoms with E-state index >= 15 is 0 Å². The Bertz CT molecular complexity index is 313. The van der Waals surface area contributed by atoms with Gasteiger partial charge in [0.15, 0.2) is 0 Å². The molecule has 0 aliphatic carbocycles. The van der Waals surface area contributed by atoms with Crippen molar-refractivity contribution in [3.05, 3.63) is 0 Å². The maximum Gasteiger partial charge on any atom is 1.00 e. The van der Waals surface area contributed by atoms with Gasteiger partial charge >= 0.3 is 29.6 Å². The van der Waals surface area contributed by atoms with Crippen LogP contribution in [-0.2, 0) is 10.1 Å². The minimum Gasteiger partial charge on any atom is -0.748 e. The van der Waals surface area contributed by atoms with Gasteiger partial charge in [0.25, 0.3) is 0 Å². The van der Waals surface area contributed by atoms with E-state index in [1.165, 1.54) is 0 Å². The molecule has 0 spiro atoms. The zero-order valence-electron chi connectivity index (χ0n) is 10.6. The largest absolute Gasteiger partial charge is 1.00 e. The molecule has 1 aliphatic heterocycles. The molecular formula is C9H19N2NaO3S2. The van der Waals surface area contributed by atoms with Crippen LogP contribution in [-0.4, -0.2) is 42.6 Å². The molecule has 0 aromatic carbocycles. The van der Waals surface area contributed by atoms with E-state index in [1.807, 2.05) is 0 Å². The van der Waals surface area contributed by atoms with Gasteiger partial charge in [-0.05, 0) is 25.0 Å². The summed E-state index contributed by atoms with van der Waals surface area (Å²) in [5, 5.41) is 6.71. The van der Waals surface area contributed by atoms with Crippen molar-refractivity contribution in [3.8, 4) is 0 Å². The summed E-state index contributed by atoms with van der Waals surface area (Å²) in [5.41, 5.74) is 0.167. The maximum absolute atomic E-state index is 10.4. The van der Waals surface area contributed by atoms with Crippen molar-refractivity contribution in [1.82, 2.24) is 10.6 Å². The number of hydrogen-bond donors (Lipinski definition) is 2. The van der Waals surface area contributed by atoms with E-state index in [9.17, 15) is 13.0 Å². The molecule has 96 valence electrons. The molecule has 3 atom stereocenters. The molecule has 1 saturated heterocycles. The van der Waals surface area contributed by atoms with Gasteiger partial charge in [0.05, 0.1) is 10.1 Å². The fourth-order valence-electron chi connectivity index (χ4n) is 1.48. The monoisotopic (exact) mass is 290 g/mol. The van der Waals surface area contributed by atoms with Crippen molar-refractivity contribution in [3.63, 3.8) is 0 Å². The van der Waals surface area contributed by atoms with Crippen LogP contribution in [0.3, 0.4) is 0 Å². The average molecular weight is 290 g/mol. The summed E-state index contributed by atoms with van der Waals surface area (Å²) in [6.07, 6.45) is 0.417. The third-order valence-corrected chi connectivity index (χ3v) is 4.67. The molecule has 1 heterocycles. The van der Waals surface area contributed by atoms with Gasteiger partial charge in [0, 0.05) is 18.3 Å². The number of hydrogen-bond acceptors (Lipinski definition) is 6. The molecule has 0 aromatic heterocycles. The quantitative estimate of drug-likeness (QED) is 0.322. The van der Waals surface area contributed by atoms with Gasteiger partial charge in [-0.2, -0.15) is 0 Å². The Morgan fingerprint density at radius 1 is 1.41 bits per heavy atom. The van der Waals surface area contributed by atoms with Crippen LogP contribution in [0.4, 0.5) is 0 Å². The molecule has 2 N–H and O–H groups in total. The van der Waals surface area contributed by atoms with Crippen LogP contribution >= 0.6 is 11.8 Å². The first-order valence-electron chi connectivity index (χ1n) is 5.43. The van der Waals surface area contributed by atoms with Crippen LogP contribution in [0, 0.1) is 5.92 Å². The van der Waals surface area contributed by atoms with E-state index < -0.39 is 10.1 Å². The zero-order valence-corrected chi connectivity index (χ0v) is 14.2. The second kappa shape index (κ2) is 8.37. The summed E-state index contributed by atoms with van der Waals surface area (Å²) >= 11 is 1.62. The molecule has 1 rings (SSSR count). The van der Waals surface area contributed by atoms with E-state index in [0.29, 0.717) is 24.1 Å². The van der Waals surface area contributed by atoms with Gasteiger partial charge in [0.1, 0.15) is 5.50 Å². The van der Waals surface area contributed by atoms with Crippen molar-refractivity contribution in [2.24, 2.45) is 5.92 Å². The summed E-state index contributed by atoms with van der Waals surface area (Å²) in [7, 11) is -4.05. The first-order chi connectivity index (χ1) is 7.38. The molecule has 3 unspecified atom stereocenters. The van der Waals surface area contributed by atoms with Crippen LogP contribution < -0.4 is 40.2 Å². The maximum atomic E-state index is 10.4. The first-order valence-corrected chi connectivity index (χ1v) is 8.06. The first kappa shape index (κ1) is 18.2. The molecule has 17 heavy (non-hydrogen) atoms. The second-order valence-electron chi connectivity index (χ2n) is 4.21. The summed E-state index contributed by atoms with van der Waals surface area (Å²) in [6, 6.07) is 0.460. The molecule has 0 bridgehead atoms. The Balaban J connectivity index is 0.00000256. The molecule has 0 amide bonds. The van der Waals surface area contributed by atoms with E-state index in [-0.39, 0.29) is 40.8 Å². The zero-order chi connectivity index (χ0) is 12.2. The summed E-state index contributed by atoms with van der Waals surface area (Å²) in [4.78, 5) is 0. The number of nitrogens with one attached hydrogen (secondary N) is 2. The van der Waals surface area contributed by atoms with Crippen LogP contribution in [0.15, 0.2) is 0 Å². The van der Waals surface area contributed by atoms with Gasteiger partial charge < -0.3 is 4.55 Å². The van der Waals surface area contributed by atoms with Crippen molar-refractivity contribution >= 4 is 21.9 Å². The predicted octanol–water partition coefficient (Wildman–Crippen LogP) is -2.84. The second-order valence-corrected chi connectivity index (χ2v) is 6.94. The van der Waals surface area contributed by atoms with Crippen molar-refractivity contribution < 1.29 is 42.5 Å². The fourth-order valence-corrected chi connectivity index (χ4v) is 3.23. The normalized spacial score (nSPS) is 29.7. The molecule has 0 saturated carbocycles. The summed E-state index contributed by atoms with van der Waals surface area (Å²) in [6.45, 7) is 5.28. The Morgan fingerprint density at radius 3 is 2.59 bits per heavy atom. The van der Waals surface area contributed by atoms with Gasteiger partial charge in [-0.1, -0.05) is 6.92 Å². The SMILES string of the molecule is CC1CNC(SCCCS(=O)(=O)[O-])NC1C.[Na+]. The minimum absolute atomic E-state index is 0. The Kier molecular flexibility index (Phi) is 8.95. The van der Waals surface area contributed by atoms with Crippen molar-refractivity contribution in [2.75, 3.05) is 18.1 Å². The third kappa shape index (κ3) is 8.05. The van der Waals surface area contributed by atoms with Crippen LogP contribution in [0.1, 0.15) is 20.3 Å². The Morgan fingerprint density at radius 2 is 2.06 bits per heavy atom. The predicted molar refractivity (Wildman–Crippen MR) is 65.2 cm³/mol. The number of rotatable bonds is 5. The molecular weight excluding hydrogens is 271 g/mol. The standard InChI is InChI=1S/C9H20N2O3S2.Na/c1-7-6-10-9(11-8(7)2)15-4-3-5-16(12,13)14;/h7-11H,3-6H2,1-2H3,(H,12,13,14);/q;+1/p-1. The third-order valence-electron chi connectivity index (χ3n) is 2.72. The van der Waals surface area contributed by atoms with Crippen molar-refractivity contribution in [2.45, 2.75) is 31.8 Å². The average Bonchev–Trinajstić information content (AvgIpc) is 2.17. The number of thioether (sulfide) groups is 1. The minimum atomic E-state index is -4.05. The smallest absolute Gasteiger partial charge is 0.748 e. The van der Waals surface area contributed by atoms with Crippen LogP contribution in [0.2, 0.25) is 0 Å². The molecule has 1 aliphatic rings. The fraction of sp³-hybridized carbons (Fsp3) is 1.00. The van der Waals surface area contributed by atoms with Gasteiger partial charge in [-0.15, -0.1) is 11.8 Å². The molecule has 8 heteroatoms. The van der Waals surface area contributed by atoms with Crippen LogP contribution in [0.5, 0.6) is 0 Å². The Hall–Kier alpha value is 1.18. The summed E-state index contributed by atoms with van der Waals surface area (Å²) in [5.74, 6) is 1.00.